The van der Waals surface area contributed by atoms with Gasteiger partial charge in [0.25, 0.3) is 0 Å². The first-order valence-corrected chi connectivity index (χ1v) is 36.8. The van der Waals surface area contributed by atoms with Crippen LogP contribution in [0.2, 0.25) is 0 Å². The number of hydrogen-bond acceptors (Lipinski definition) is 27. The van der Waals surface area contributed by atoms with Gasteiger partial charge in [-0.3, -0.25) is 33.6 Å². The summed E-state index contributed by atoms with van der Waals surface area (Å²) in [6.45, 7) is 8.58. The van der Waals surface area contributed by atoms with E-state index in [2.05, 4.69) is 10.6 Å². The van der Waals surface area contributed by atoms with Crippen LogP contribution in [0.1, 0.15) is 195 Å². The number of Topliss-reactive ketones (excluding diaryl/α,β-unsaturated/α-hetero) is 5. The van der Waals surface area contributed by atoms with E-state index < -0.39 is 117 Å². The predicted octanol–water partition coefficient (Wildman–Crippen LogP) is 2.57. The van der Waals surface area contributed by atoms with E-state index >= 15 is 0 Å². The first-order chi connectivity index (χ1) is 48.1. The highest BCUT2D eigenvalue weighted by Crippen LogP contribution is 2.31. The summed E-state index contributed by atoms with van der Waals surface area (Å²) < 4.78 is 63.5. The third-order valence-electron chi connectivity index (χ3n) is 18.4. The average Bonchev–Trinajstić information content (AvgIpc) is 0.845. The van der Waals surface area contributed by atoms with E-state index in [1.807, 2.05) is 6.92 Å². The van der Waals surface area contributed by atoms with E-state index in [0.717, 1.165) is 0 Å². The second-order valence-electron chi connectivity index (χ2n) is 27.0. The van der Waals surface area contributed by atoms with Crippen LogP contribution in [0.4, 0.5) is 0 Å². The molecule has 0 aromatic rings. The second kappa shape index (κ2) is 54.1. The quantitative estimate of drug-likeness (QED) is 0.0390. The molecule has 0 saturated carbocycles. The van der Waals surface area contributed by atoms with Crippen molar-refractivity contribution in [1.82, 2.24) is 10.6 Å². The Labute approximate surface area is 591 Å². The number of nitrogens with one attached hydrogen (secondary N) is 2. The largest absolute Gasteiger partial charge is 0.394 e. The zero-order valence-electron chi connectivity index (χ0n) is 60.1. The zero-order chi connectivity index (χ0) is 73.5. The summed E-state index contributed by atoms with van der Waals surface area (Å²) in [5.41, 5.74) is -1.08. The molecular formula is C71H126N2O27. The van der Waals surface area contributed by atoms with Crippen molar-refractivity contribution in [3.63, 3.8) is 0 Å². The Kier molecular flexibility index (Phi) is 49.1. The standard InChI is InChI=1S/C71H126N2O27/c1-5-90-40-41-91-33-18-26-56(81)42-71(46-92-37-28-54(79)22-10-6-8-20-52(77)24-12-15-34-95-68-49(2)62(84)65(87)57(43-74)98-68,47-93-38-29-55(80)23-11-7-9-21-53(78)25-13-16-35-96-69-50(3)63(85)66(88)58(44-75)99-69)48-94-39-30-61(83)73-32-19-31-72-60(82)27-14-17-36-97-70-51(4)64(86)67(89)59(45-76)100-70/h49-51,57-59,62-70,74-76,84-89H,5-48H2,1-4H3,(H,72,82)(H,73,83). The van der Waals surface area contributed by atoms with Gasteiger partial charge in [0.05, 0.1) is 91.0 Å². The molecular weight excluding hydrogens is 1310 g/mol. The van der Waals surface area contributed by atoms with Crippen LogP contribution in [0.15, 0.2) is 0 Å². The molecule has 3 aliphatic heterocycles. The highest BCUT2D eigenvalue weighted by atomic mass is 16.7. The van der Waals surface area contributed by atoms with Gasteiger partial charge in [-0.25, -0.2) is 0 Å². The van der Waals surface area contributed by atoms with E-state index in [4.69, 9.17) is 52.1 Å². The molecule has 582 valence electrons. The molecule has 3 heterocycles. The summed E-state index contributed by atoms with van der Waals surface area (Å²) in [6, 6.07) is 0. The lowest BCUT2D eigenvalue weighted by atomic mass is 9.84. The van der Waals surface area contributed by atoms with Crippen molar-refractivity contribution in [3.05, 3.63) is 0 Å². The third kappa shape index (κ3) is 37.5. The first kappa shape index (κ1) is 90.7. The number of aliphatic hydroxyl groups excluding tert-OH is 9. The number of amides is 2. The topological polar surface area (TPSA) is 427 Å². The minimum atomic E-state index is -1.22. The van der Waals surface area contributed by atoms with Crippen LogP contribution in [0.3, 0.4) is 0 Å². The van der Waals surface area contributed by atoms with Crippen molar-refractivity contribution < 1.29 is 132 Å². The van der Waals surface area contributed by atoms with Gasteiger partial charge in [-0.05, 0) is 84.0 Å². The van der Waals surface area contributed by atoms with Gasteiger partial charge < -0.3 is 109 Å². The fraction of sp³-hybridized carbons (Fsp3) is 0.901. The van der Waals surface area contributed by atoms with Crippen LogP contribution in [0.5, 0.6) is 0 Å². The SMILES string of the molecule is CCOCCOCCCC(=O)CC(COCCC(=O)CCCCCC(=O)CCCCOC1OC(CO)C(O)C(O)C1C)(COCCC(=O)CCCCCC(=O)CCCCOC1OC(CO)C(O)C(O)C1C)COCCC(=O)NCCCNC(=O)CCCCOC1OC(CO)C(O)C(O)C1C. The molecule has 0 aromatic heterocycles. The lowest BCUT2D eigenvalue weighted by Crippen LogP contribution is -2.55. The van der Waals surface area contributed by atoms with Gasteiger partial charge in [-0.2, -0.15) is 0 Å². The zero-order valence-corrected chi connectivity index (χ0v) is 60.1. The fourth-order valence-corrected chi connectivity index (χ4v) is 11.9. The van der Waals surface area contributed by atoms with Crippen LogP contribution in [0, 0.1) is 23.2 Å². The summed E-state index contributed by atoms with van der Waals surface area (Å²) >= 11 is 0. The number of ketones is 5. The minimum Gasteiger partial charge on any atom is -0.394 e. The second-order valence-corrected chi connectivity index (χ2v) is 27.0. The molecule has 3 aliphatic rings. The van der Waals surface area contributed by atoms with Crippen LogP contribution in [-0.2, 0) is 85.7 Å². The Morgan fingerprint density at radius 1 is 0.340 bits per heavy atom. The normalized spacial score (nSPS) is 26.1. The molecule has 0 aliphatic carbocycles. The molecule has 2 amide bonds. The molecule has 0 aromatic carbocycles. The van der Waals surface area contributed by atoms with E-state index in [-0.39, 0.29) is 158 Å². The van der Waals surface area contributed by atoms with Gasteiger partial charge in [0.2, 0.25) is 11.8 Å². The fourth-order valence-electron chi connectivity index (χ4n) is 11.9. The maximum absolute atomic E-state index is 13.8. The number of carbonyl (C=O) groups is 7. The molecule has 0 spiro atoms. The van der Waals surface area contributed by atoms with Crippen molar-refractivity contribution >= 4 is 40.7 Å². The molecule has 0 radical (unpaired) electrons. The van der Waals surface area contributed by atoms with Crippen molar-refractivity contribution in [2.75, 3.05) is 119 Å². The van der Waals surface area contributed by atoms with Crippen LogP contribution in [0.25, 0.3) is 0 Å². The molecule has 11 N–H and O–H groups in total. The Morgan fingerprint density at radius 2 is 0.670 bits per heavy atom. The molecule has 3 rings (SSSR count). The number of rotatable bonds is 62. The van der Waals surface area contributed by atoms with Gasteiger partial charge in [0, 0.05) is 146 Å². The number of ether oxygens (including phenoxy) is 11. The van der Waals surface area contributed by atoms with Crippen molar-refractivity contribution in [2.24, 2.45) is 23.2 Å². The molecule has 29 nitrogen and oxygen atoms in total. The van der Waals surface area contributed by atoms with Crippen LogP contribution < -0.4 is 10.6 Å². The maximum atomic E-state index is 13.8. The van der Waals surface area contributed by atoms with E-state index in [1.165, 1.54) is 0 Å². The highest BCUT2D eigenvalue weighted by Gasteiger charge is 2.45. The Balaban J connectivity index is 1.48. The Hall–Kier alpha value is -3.51. The number of unbranched alkanes of at least 4 members (excludes halogenated alkanes) is 7. The molecule has 3 saturated heterocycles. The monoisotopic (exact) mass is 1440 g/mol. The summed E-state index contributed by atoms with van der Waals surface area (Å²) in [6.07, 6.45) is -1.50. The van der Waals surface area contributed by atoms with Crippen molar-refractivity contribution in [3.8, 4) is 0 Å². The van der Waals surface area contributed by atoms with E-state index in [1.54, 1.807) is 20.8 Å². The van der Waals surface area contributed by atoms with Crippen molar-refractivity contribution in [2.45, 2.75) is 268 Å². The van der Waals surface area contributed by atoms with E-state index in [9.17, 15) is 79.5 Å². The molecule has 100 heavy (non-hydrogen) atoms. The number of aliphatic hydroxyl groups is 9. The first-order valence-electron chi connectivity index (χ1n) is 36.8. The van der Waals surface area contributed by atoms with Crippen LogP contribution in [-0.4, -0.2) is 279 Å². The minimum absolute atomic E-state index is 0.0192. The molecule has 3 fully saturated rings. The van der Waals surface area contributed by atoms with Gasteiger partial charge in [0.15, 0.2) is 18.9 Å². The Bertz CT molecular complexity index is 2020. The molecule has 29 heteroatoms. The van der Waals surface area contributed by atoms with Gasteiger partial charge >= 0.3 is 0 Å². The van der Waals surface area contributed by atoms with E-state index in [0.29, 0.717) is 149 Å². The summed E-state index contributed by atoms with van der Waals surface area (Å²) in [5.74, 6) is -1.96. The summed E-state index contributed by atoms with van der Waals surface area (Å²) in [5, 5.41) is 95.1. The van der Waals surface area contributed by atoms with Crippen LogP contribution >= 0.6 is 0 Å². The Morgan fingerprint density at radius 3 is 1.05 bits per heavy atom. The molecule has 15 unspecified atom stereocenters. The van der Waals surface area contributed by atoms with Gasteiger partial charge in [-0.15, -0.1) is 0 Å². The van der Waals surface area contributed by atoms with Crippen molar-refractivity contribution in [1.29, 1.82) is 0 Å². The van der Waals surface area contributed by atoms with Gasteiger partial charge in [-0.1, -0.05) is 33.6 Å². The third-order valence-corrected chi connectivity index (χ3v) is 18.4. The summed E-state index contributed by atoms with van der Waals surface area (Å²) in [7, 11) is 0. The smallest absolute Gasteiger partial charge is 0.222 e. The highest BCUT2D eigenvalue weighted by molar-refractivity contribution is 5.80. The van der Waals surface area contributed by atoms with Gasteiger partial charge in [0.1, 0.15) is 65.5 Å². The number of hydrogen-bond donors (Lipinski definition) is 11. The maximum Gasteiger partial charge on any atom is 0.222 e. The summed E-state index contributed by atoms with van der Waals surface area (Å²) in [4.78, 5) is 90.8. The average molecular weight is 1440 g/mol. The lowest BCUT2D eigenvalue weighted by Gasteiger charge is -2.40. The molecule has 0 bridgehead atoms. The lowest BCUT2D eigenvalue weighted by molar-refractivity contribution is -0.282. The molecule has 15 atom stereocenters. The number of carbonyl (C=O) groups excluding carboxylic acids is 7. The predicted molar refractivity (Wildman–Crippen MR) is 362 cm³/mol.